The van der Waals surface area contributed by atoms with E-state index in [0.29, 0.717) is 5.56 Å². The SMILES string of the molecule is COc1ccc([C@H]2CC(=O)c3c(O)cc(O[C@H]4O[C@@H](CO)[C@@H](O)[C@@H](O)[C@H]4O[C@H]4O[C@@H](C)[C@H](O)[C@@H](O)[C@H]4O)cc3O2)cc1O. The van der Waals surface area contributed by atoms with Crippen molar-refractivity contribution in [1.29, 1.82) is 0 Å². The lowest BCUT2D eigenvalue weighted by Crippen LogP contribution is -2.64. The number of carbonyl (C=O) groups excluding carboxylic acids is 1. The first-order chi connectivity index (χ1) is 20.4. The number of aliphatic hydroxyl groups is 6. The minimum absolute atomic E-state index is 0.0592. The van der Waals surface area contributed by atoms with E-state index in [4.69, 9.17) is 28.4 Å². The van der Waals surface area contributed by atoms with Gasteiger partial charge in [0.1, 0.15) is 65.5 Å². The molecule has 3 aliphatic rings. The lowest BCUT2D eigenvalue weighted by molar-refractivity contribution is -0.354. The second kappa shape index (κ2) is 12.4. The van der Waals surface area contributed by atoms with Crippen molar-refractivity contribution >= 4 is 5.78 Å². The smallest absolute Gasteiger partial charge is 0.229 e. The van der Waals surface area contributed by atoms with Gasteiger partial charge in [0, 0.05) is 12.1 Å². The molecule has 0 bridgehead atoms. The predicted molar refractivity (Wildman–Crippen MR) is 141 cm³/mol. The Balaban J connectivity index is 1.41. The van der Waals surface area contributed by atoms with E-state index < -0.39 is 85.7 Å². The molecule has 0 amide bonds. The summed E-state index contributed by atoms with van der Waals surface area (Å²) < 4.78 is 33.7. The molecule has 15 heteroatoms. The van der Waals surface area contributed by atoms with E-state index in [1.807, 2.05) is 0 Å². The molecule has 3 heterocycles. The highest BCUT2D eigenvalue weighted by atomic mass is 16.8. The fourth-order valence-electron chi connectivity index (χ4n) is 5.29. The number of hydrogen-bond donors (Lipinski definition) is 8. The molecule has 2 aromatic carbocycles. The standard InChI is InChI=1S/C28H34O15/c1-10-21(33)23(35)25(37)27(39-10)43-26-24(36)22(34)19(9-29)42-28(26)40-12-6-14(31)20-15(32)8-17(41-18(20)7-12)11-3-4-16(38-2)13(30)5-11/h3-7,10,17,19,21-31,33-37H,8-9H2,1-2H3/t10-,17+,19-,21-,22+,23+,24+,25+,26+,27+,28-/m0/s1. The summed E-state index contributed by atoms with van der Waals surface area (Å²) in [5.41, 5.74) is 0.352. The number of rotatable bonds is 7. The number of benzene rings is 2. The molecule has 2 saturated heterocycles. The van der Waals surface area contributed by atoms with Crippen molar-refractivity contribution in [2.45, 2.75) is 80.9 Å². The van der Waals surface area contributed by atoms with Crippen LogP contribution in [0.4, 0.5) is 0 Å². The van der Waals surface area contributed by atoms with Gasteiger partial charge in [0.15, 0.2) is 29.7 Å². The van der Waals surface area contributed by atoms with E-state index >= 15 is 0 Å². The van der Waals surface area contributed by atoms with Crippen molar-refractivity contribution < 1.29 is 74.1 Å². The Morgan fingerprint density at radius 1 is 0.884 bits per heavy atom. The van der Waals surface area contributed by atoms with Gasteiger partial charge in [-0.25, -0.2) is 0 Å². The van der Waals surface area contributed by atoms with Crippen molar-refractivity contribution in [2.75, 3.05) is 13.7 Å². The zero-order valence-electron chi connectivity index (χ0n) is 23.1. The number of ketones is 1. The molecular weight excluding hydrogens is 576 g/mol. The number of hydrogen-bond acceptors (Lipinski definition) is 15. The number of fused-ring (bicyclic) bond motifs is 1. The van der Waals surface area contributed by atoms with Gasteiger partial charge in [-0.3, -0.25) is 4.79 Å². The predicted octanol–water partition coefficient (Wildman–Crippen LogP) is -1.16. The maximum absolute atomic E-state index is 13.0. The Bertz CT molecular complexity index is 1320. The number of aromatic hydroxyl groups is 2. The molecule has 2 aromatic rings. The molecule has 0 aliphatic carbocycles. The number of Topliss-reactive ketones (excluding diaryl/α,β-unsaturated/α-hetero) is 1. The summed E-state index contributed by atoms with van der Waals surface area (Å²) in [5, 5.41) is 82.4. The van der Waals surface area contributed by atoms with Crippen LogP contribution in [0.5, 0.6) is 28.7 Å². The van der Waals surface area contributed by atoms with Crippen LogP contribution < -0.4 is 14.2 Å². The van der Waals surface area contributed by atoms with Gasteiger partial charge < -0.3 is 69.3 Å². The summed E-state index contributed by atoms with van der Waals surface area (Å²) >= 11 is 0. The lowest BCUT2D eigenvalue weighted by Gasteiger charge is -2.45. The highest BCUT2D eigenvalue weighted by molar-refractivity contribution is 6.02. The zero-order valence-corrected chi connectivity index (χ0v) is 23.1. The number of ether oxygens (including phenoxy) is 6. The first kappa shape index (κ1) is 31.2. The van der Waals surface area contributed by atoms with Gasteiger partial charge in [0.2, 0.25) is 6.29 Å². The van der Waals surface area contributed by atoms with Crippen LogP contribution in [0.1, 0.15) is 35.4 Å². The molecular formula is C28H34O15. The summed E-state index contributed by atoms with van der Waals surface area (Å²) in [7, 11) is 1.39. The van der Waals surface area contributed by atoms with Gasteiger partial charge in [0.05, 0.1) is 26.2 Å². The molecule has 0 saturated carbocycles. The van der Waals surface area contributed by atoms with Crippen molar-refractivity contribution in [3.05, 3.63) is 41.5 Å². The largest absolute Gasteiger partial charge is 0.507 e. The van der Waals surface area contributed by atoms with Gasteiger partial charge in [-0.2, -0.15) is 0 Å². The van der Waals surface area contributed by atoms with E-state index in [9.17, 15) is 45.6 Å². The van der Waals surface area contributed by atoms with Crippen molar-refractivity contribution in [1.82, 2.24) is 0 Å². The van der Waals surface area contributed by atoms with Crippen LogP contribution in [0.25, 0.3) is 0 Å². The topological polar surface area (TPSA) is 234 Å². The Morgan fingerprint density at radius 3 is 2.30 bits per heavy atom. The normalized spacial score (nSPS) is 36.0. The molecule has 236 valence electrons. The number of phenolic OH excluding ortho intramolecular Hbond substituents is 2. The van der Waals surface area contributed by atoms with Crippen LogP contribution in [0.2, 0.25) is 0 Å². The minimum Gasteiger partial charge on any atom is -0.507 e. The third-order valence-electron chi connectivity index (χ3n) is 7.72. The number of methoxy groups -OCH3 is 1. The summed E-state index contributed by atoms with van der Waals surface area (Å²) in [4.78, 5) is 13.0. The van der Waals surface area contributed by atoms with Crippen LogP contribution in [-0.4, -0.2) is 122 Å². The summed E-state index contributed by atoms with van der Waals surface area (Å²) in [6.07, 6.45) is -16.3. The number of carbonyl (C=O) groups is 1. The van der Waals surface area contributed by atoms with Crippen LogP contribution in [0.15, 0.2) is 30.3 Å². The number of phenols is 2. The molecule has 0 spiro atoms. The molecule has 0 radical (unpaired) electrons. The highest BCUT2D eigenvalue weighted by Crippen LogP contribution is 2.43. The maximum atomic E-state index is 13.0. The van der Waals surface area contributed by atoms with Crippen LogP contribution in [0.3, 0.4) is 0 Å². The summed E-state index contributed by atoms with van der Waals surface area (Å²) in [6.45, 7) is 0.699. The summed E-state index contributed by atoms with van der Waals surface area (Å²) in [5.74, 6) is -1.06. The molecule has 43 heavy (non-hydrogen) atoms. The Morgan fingerprint density at radius 2 is 1.63 bits per heavy atom. The summed E-state index contributed by atoms with van der Waals surface area (Å²) in [6, 6.07) is 6.89. The fraction of sp³-hybridized carbons (Fsp3) is 0.536. The first-order valence-electron chi connectivity index (χ1n) is 13.5. The third-order valence-corrected chi connectivity index (χ3v) is 7.72. The molecule has 0 aromatic heterocycles. The monoisotopic (exact) mass is 610 g/mol. The van der Waals surface area contributed by atoms with E-state index in [0.717, 1.165) is 6.07 Å². The molecule has 11 atom stereocenters. The van der Waals surface area contributed by atoms with E-state index in [2.05, 4.69) is 0 Å². The molecule has 0 unspecified atom stereocenters. The van der Waals surface area contributed by atoms with Gasteiger partial charge in [-0.1, -0.05) is 6.07 Å². The second-order valence-electron chi connectivity index (χ2n) is 10.6. The van der Waals surface area contributed by atoms with E-state index in [1.165, 1.54) is 32.2 Å². The van der Waals surface area contributed by atoms with Gasteiger partial charge >= 0.3 is 0 Å². The van der Waals surface area contributed by atoms with Crippen LogP contribution >= 0.6 is 0 Å². The average molecular weight is 611 g/mol. The van der Waals surface area contributed by atoms with Crippen molar-refractivity contribution in [2.24, 2.45) is 0 Å². The number of aliphatic hydroxyl groups excluding tert-OH is 6. The van der Waals surface area contributed by atoms with E-state index in [-0.39, 0.29) is 35.0 Å². The van der Waals surface area contributed by atoms with Gasteiger partial charge in [-0.05, 0) is 24.6 Å². The van der Waals surface area contributed by atoms with Gasteiger partial charge in [0.25, 0.3) is 0 Å². The molecule has 15 nitrogen and oxygen atoms in total. The minimum atomic E-state index is -1.76. The quantitative estimate of drug-likeness (QED) is 0.185. The average Bonchev–Trinajstić information content (AvgIpc) is 2.97. The molecule has 3 aliphatic heterocycles. The maximum Gasteiger partial charge on any atom is 0.229 e. The molecule has 8 N–H and O–H groups in total. The fourth-order valence-corrected chi connectivity index (χ4v) is 5.29. The Labute approximate surface area is 245 Å². The van der Waals surface area contributed by atoms with E-state index in [1.54, 1.807) is 6.07 Å². The highest BCUT2D eigenvalue weighted by Gasteiger charge is 2.51. The van der Waals surface area contributed by atoms with Gasteiger partial charge in [-0.15, -0.1) is 0 Å². The Kier molecular flexibility index (Phi) is 8.99. The van der Waals surface area contributed by atoms with Crippen LogP contribution in [-0.2, 0) is 14.2 Å². The lowest BCUT2D eigenvalue weighted by atomic mass is 9.95. The molecule has 2 fully saturated rings. The van der Waals surface area contributed by atoms with Crippen molar-refractivity contribution in [3.63, 3.8) is 0 Å². The first-order valence-corrected chi connectivity index (χ1v) is 13.5. The van der Waals surface area contributed by atoms with Crippen molar-refractivity contribution in [3.8, 4) is 28.7 Å². The molecule has 5 rings (SSSR count). The van der Waals surface area contributed by atoms with Crippen LogP contribution in [0, 0.1) is 0 Å². The third kappa shape index (κ3) is 5.95. The zero-order chi connectivity index (χ0) is 31.2. The Hall–Kier alpha value is -3.25. The second-order valence-corrected chi connectivity index (χ2v) is 10.6.